The van der Waals surface area contributed by atoms with Crippen LogP contribution in [0.1, 0.15) is 19.3 Å². The van der Waals surface area contributed by atoms with Crippen molar-refractivity contribution < 1.29 is 14.2 Å². The largest absolute Gasteiger partial charge is 0.497 e. The normalized spacial score (nSPS) is 22.4. The number of likely N-dealkylation sites (tertiary alicyclic amines) is 1. The SMILES string of the molecule is CN=C(NCCCOc1ccc(OC)cc1)N1CCC2(CCOC2)C1.I. The van der Waals surface area contributed by atoms with Crippen LogP contribution < -0.4 is 14.8 Å². The van der Waals surface area contributed by atoms with Crippen LogP contribution in [0.25, 0.3) is 0 Å². The Morgan fingerprint density at radius 1 is 1.27 bits per heavy atom. The van der Waals surface area contributed by atoms with Crippen molar-refractivity contribution in [2.24, 2.45) is 10.4 Å². The highest BCUT2D eigenvalue weighted by Crippen LogP contribution is 2.38. The van der Waals surface area contributed by atoms with Crippen molar-refractivity contribution in [1.82, 2.24) is 10.2 Å². The van der Waals surface area contributed by atoms with E-state index in [0.29, 0.717) is 12.0 Å². The Kier molecular flexibility index (Phi) is 8.27. The van der Waals surface area contributed by atoms with Gasteiger partial charge in [-0.2, -0.15) is 0 Å². The zero-order chi connectivity index (χ0) is 17.5. The van der Waals surface area contributed by atoms with Crippen LogP contribution >= 0.6 is 24.0 Å². The number of nitrogens with one attached hydrogen (secondary N) is 1. The summed E-state index contributed by atoms with van der Waals surface area (Å²) in [6.45, 7) is 5.44. The van der Waals surface area contributed by atoms with Gasteiger partial charge in [0.1, 0.15) is 11.5 Å². The molecule has 0 radical (unpaired) electrons. The molecule has 6 nitrogen and oxygen atoms in total. The van der Waals surface area contributed by atoms with Crippen molar-refractivity contribution in [3.05, 3.63) is 24.3 Å². The monoisotopic (exact) mass is 475 g/mol. The van der Waals surface area contributed by atoms with Gasteiger partial charge >= 0.3 is 0 Å². The fourth-order valence-electron chi connectivity index (χ4n) is 3.55. The van der Waals surface area contributed by atoms with E-state index in [4.69, 9.17) is 14.2 Å². The molecule has 2 aliphatic rings. The van der Waals surface area contributed by atoms with Gasteiger partial charge in [0, 0.05) is 38.7 Å². The van der Waals surface area contributed by atoms with Crippen molar-refractivity contribution in [2.45, 2.75) is 19.3 Å². The van der Waals surface area contributed by atoms with E-state index in [2.05, 4.69) is 15.2 Å². The second-order valence-electron chi connectivity index (χ2n) is 6.83. The van der Waals surface area contributed by atoms with Gasteiger partial charge in [0.15, 0.2) is 5.96 Å². The molecular weight excluding hydrogens is 445 g/mol. The molecule has 0 aromatic heterocycles. The molecule has 2 heterocycles. The number of hydrogen-bond acceptors (Lipinski definition) is 4. The van der Waals surface area contributed by atoms with Gasteiger partial charge in [-0.25, -0.2) is 0 Å². The van der Waals surface area contributed by atoms with Gasteiger partial charge in [0.05, 0.1) is 20.3 Å². The second kappa shape index (κ2) is 10.2. The number of methoxy groups -OCH3 is 1. The van der Waals surface area contributed by atoms with Crippen LogP contribution in [0.4, 0.5) is 0 Å². The molecule has 1 N–H and O–H groups in total. The lowest BCUT2D eigenvalue weighted by Crippen LogP contribution is -2.42. The number of guanidine groups is 1. The second-order valence-corrected chi connectivity index (χ2v) is 6.83. The fraction of sp³-hybridized carbons (Fsp3) is 0.632. The molecule has 0 bridgehead atoms. The molecule has 0 amide bonds. The van der Waals surface area contributed by atoms with Crippen LogP contribution in [0, 0.1) is 5.41 Å². The van der Waals surface area contributed by atoms with Crippen LogP contribution in [-0.2, 0) is 4.74 Å². The average molecular weight is 475 g/mol. The Morgan fingerprint density at radius 3 is 2.69 bits per heavy atom. The zero-order valence-corrected chi connectivity index (χ0v) is 18.0. The van der Waals surface area contributed by atoms with E-state index in [-0.39, 0.29) is 24.0 Å². The summed E-state index contributed by atoms with van der Waals surface area (Å²) in [6.07, 6.45) is 3.30. The van der Waals surface area contributed by atoms with Crippen LogP contribution in [0.5, 0.6) is 11.5 Å². The van der Waals surface area contributed by atoms with Gasteiger partial charge in [0.25, 0.3) is 0 Å². The molecule has 0 aliphatic carbocycles. The Balaban J connectivity index is 0.00000243. The molecule has 2 fully saturated rings. The summed E-state index contributed by atoms with van der Waals surface area (Å²) >= 11 is 0. The summed E-state index contributed by atoms with van der Waals surface area (Å²) in [6, 6.07) is 7.67. The minimum absolute atomic E-state index is 0. The maximum Gasteiger partial charge on any atom is 0.193 e. The number of hydrogen-bond donors (Lipinski definition) is 1. The third-order valence-electron chi connectivity index (χ3n) is 5.07. The molecule has 2 saturated heterocycles. The van der Waals surface area contributed by atoms with Crippen molar-refractivity contribution in [1.29, 1.82) is 0 Å². The van der Waals surface area contributed by atoms with Crippen molar-refractivity contribution in [3.63, 3.8) is 0 Å². The molecule has 2 aliphatic heterocycles. The predicted molar refractivity (Wildman–Crippen MR) is 114 cm³/mol. The van der Waals surface area contributed by atoms with E-state index in [0.717, 1.165) is 56.7 Å². The molecule has 26 heavy (non-hydrogen) atoms. The standard InChI is InChI=1S/C19H29N3O3.HI/c1-20-18(22-11-8-19(14-22)9-13-24-15-19)21-10-3-12-25-17-6-4-16(23-2)5-7-17;/h4-7H,3,8-15H2,1-2H3,(H,20,21);1H. The maximum atomic E-state index is 5.76. The van der Waals surface area contributed by atoms with Gasteiger partial charge in [0.2, 0.25) is 0 Å². The summed E-state index contributed by atoms with van der Waals surface area (Å²) < 4.78 is 16.5. The number of rotatable bonds is 6. The Bertz CT molecular complexity index is 574. The maximum absolute atomic E-state index is 5.76. The number of halogens is 1. The molecule has 1 aromatic rings. The lowest BCUT2D eigenvalue weighted by Gasteiger charge is -2.24. The summed E-state index contributed by atoms with van der Waals surface area (Å²) in [4.78, 5) is 6.80. The summed E-state index contributed by atoms with van der Waals surface area (Å²) in [5.41, 5.74) is 0.356. The Labute approximate surface area is 173 Å². The summed E-state index contributed by atoms with van der Waals surface area (Å²) in [5, 5.41) is 3.46. The highest BCUT2D eigenvalue weighted by Gasteiger charge is 2.42. The Morgan fingerprint density at radius 2 is 2.04 bits per heavy atom. The third kappa shape index (κ3) is 5.39. The molecule has 1 atom stereocenters. The summed E-state index contributed by atoms with van der Waals surface area (Å²) in [7, 11) is 3.52. The van der Waals surface area contributed by atoms with Gasteiger partial charge in [-0.05, 0) is 43.5 Å². The lowest BCUT2D eigenvalue weighted by atomic mass is 9.87. The van der Waals surface area contributed by atoms with E-state index < -0.39 is 0 Å². The first kappa shape index (κ1) is 21.1. The fourth-order valence-corrected chi connectivity index (χ4v) is 3.55. The van der Waals surface area contributed by atoms with Gasteiger partial charge in [-0.1, -0.05) is 0 Å². The molecule has 1 spiro atoms. The Hall–Kier alpha value is -1.22. The first-order valence-corrected chi connectivity index (χ1v) is 9.05. The number of aliphatic imine (C=N–C) groups is 1. The van der Waals surface area contributed by atoms with Gasteiger partial charge < -0.3 is 24.4 Å². The molecule has 146 valence electrons. The topological polar surface area (TPSA) is 55.3 Å². The minimum atomic E-state index is 0. The van der Waals surface area contributed by atoms with Crippen molar-refractivity contribution in [3.8, 4) is 11.5 Å². The van der Waals surface area contributed by atoms with Crippen LogP contribution in [-0.4, -0.2) is 64.5 Å². The van der Waals surface area contributed by atoms with Gasteiger partial charge in [-0.3, -0.25) is 4.99 Å². The third-order valence-corrected chi connectivity index (χ3v) is 5.07. The molecule has 0 saturated carbocycles. The molecule has 1 unspecified atom stereocenters. The first-order valence-electron chi connectivity index (χ1n) is 9.05. The number of benzene rings is 1. The number of nitrogens with zero attached hydrogens (tertiary/aromatic N) is 2. The summed E-state index contributed by atoms with van der Waals surface area (Å²) in [5.74, 6) is 2.70. The zero-order valence-electron chi connectivity index (χ0n) is 15.7. The number of ether oxygens (including phenoxy) is 3. The van der Waals surface area contributed by atoms with Crippen LogP contribution in [0.3, 0.4) is 0 Å². The minimum Gasteiger partial charge on any atom is -0.497 e. The average Bonchev–Trinajstić information content (AvgIpc) is 3.29. The van der Waals surface area contributed by atoms with E-state index >= 15 is 0 Å². The van der Waals surface area contributed by atoms with Crippen molar-refractivity contribution >= 4 is 29.9 Å². The molecular formula is C19H30IN3O3. The van der Waals surface area contributed by atoms with Crippen LogP contribution in [0.2, 0.25) is 0 Å². The van der Waals surface area contributed by atoms with E-state index in [9.17, 15) is 0 Å². The predicted octanol–water partition coefficient (Wildman–Crippen LogP) is 2.77. The highest BCUT2D eigenvalue weighted by molar-refractivity contribution is 14.0. The molecule has 1 aromatic carbocycles. The van der Waals surface area contributed by atoms with E-state index in [1.54, 1.807) is 7.11 Å². The van der Waals surface area contributed by atoms with Crippen LogP contribution in [0.15, 0.2) is 29.3 Å². The highest BCUT2D eigenvalue weighted by atomic mass is 127. The van der Waals surface area contributed by atoms with E-state index in [1.165, 1.54) is 12.8 Å². The quantitative estimate of drug-likeness (QED) is 0.297. The smallest absolute Gasteiger partial charge is 0.193 e. The van der Waals surface area contributed by atoms with Crippen molar-refractivity contribution in [2.75, 3.05) is 53.6 Å². The van der Waals surface area contributed by atoms with E-state index in [1.807, 2.05) is 31.3 Å². The first-order chi connectivity index (χ1) is 12.2. The molecule has 7 heteroatoms. The van der Waals surface area contributed by atoms with Gasteiger partial charge in [-0.15, -0.1) is 24.0 Å². The molecule has 3 rings (SSSR count). The lowest BCUT2D eigenvalue weighted by molar-refractivity contribution is 0.156.